The smallest absolute Gasteiger partial charge is 0.0903 e. The van der Waals surface area contributed by atoms with Crippen molar-refractivity contribution in [1.29, 1.82) is 0 Å². The Morgan fingerprint density at radius 2 is 1.67 bits per heavy atom. The van der Waals surface area contributed by atoms with Crippen LogP contribution in [0.2, 0.25) is 0 Å². The summed E-state index contributed by atoms with van der Waals surface area (Å²) in [5, 5.41) is 10.4. The summed E-state index contributed by atoms with van der Waals surface area (Å²) in [6.45, 7) is 8.46. The van der Waals surface area contributed by atoms with Gasteiger partial charge in [0.2, 0.25) is 0 Å². The molecule has 0 bridgehead atoms. The van der Waals surface area contributed by atoms with Crippen molar-refractivity contribution in [2.75, 3.05) is 20.8 Å². The van der Waals surface area contributed by atoms with Crippen molar-refractivity contribution in [3.8, 4) is 0 Å². The van der Waals surface area contributed by atoms with E-state index in [9.17, 15) is 5.11 Å². The lowest BCUT2D eigenvalue weighted by atomic mass is 9.83. The van der Waals surface area contributed by atoms with Crippen molar-refractivity contribution >= 4 is 0 Å². The van der Waals surface area contributed by atoms with Gasteiger partial charge in [-0.25, -0.2) is 0 Å². The monoisotopic (exact) mass is 218 g/mol. The summed E-state index contributed by atoms with van der Waals surface area (Å²) < 4.78 is 10.4. The molecule has 1 unspecified atom stereocenters. The second kappa shape index (κ2) is 5.83. The third-order valence-electron chi connectivity index (χ3n) is 3.18. The fraction of sp³-hybridized carbons (Fsp3) is 1.00. The molecule has 3 heteroatoms. The van der Waals surface area contributed by atoms with Crippen molar-refractivity contribution in [2.45, 2.75) is 51.7 Å². The van der Waals surface area contributed by atoms with Gasteiger partial charge in [0.25, 0.3) is 0 Å². The van der Waals surface area contributed by atoms with Crippen molar-refractivity contribution in [3.05, 3.63) is 0 Å². The van der Waals surface area contributed by atoms with Crippen LogP contribution in [-0.4, -0.2) is 37.1 Å². The zero-order chi connectivity index (χ0) is 12.1. The molecule has 0 saturated carbocycles. The van der Waals surface area contributed by atoms with E-state index in [2.05, 4.69) is 0 Å². The standard InChI is InChI=1S/C12H26O3/c1-10(2)12(13,9-14-5)8-7-11(3,4)15-6/h10,13H,7-9H2,1-6H3. The van der Waals surface area contributed by atoms with Crippen LogP contribution >= 0.6 is 0 Å². The lowest BCUT2D eigenvalue weighted by molar-refractivity contribution is -0.0872. The van der Waals surface area contributed by atoms with Crippen LogP contribution in [0.3, 0.4) is 0 Å². The maximum Gasteiger partial charge on any atom is 0.0903 e. The van der Waals surface area contributed by atoms with E-state index in [1.807, 2.05) is 27.7 Å². The average molecular weight is 218 g/mol. The van der Waals surface area contributed by atoms with Crippen molar-refractivity contribution in [3.63, 3.8) is 0 Å². The summed E-state index contributed by atoms with van der Waals surface area (Å²) >= 11 is 0. The molecule has 0 rings (SSSR count). The highest BCUT2D eigenvalue weighted by atomic mass is 16.5. The normalized spacial score (nSPS) is 16.8. The number of rotatable bonds is 7. The van der Waals surface area contributed by atoms with Gasteiger partial charge in [0.1, 0.15) is 0 Å². The Morgan fingerprint density at radius 3 is 2.00 bits per heavy atom. The highest BCUT2D eigenvalue weighted by molar-refractivity contribution is 4.84. The first-order chi connectivity index (χ1) is 6.77. The van der Waals surface area contributed by atoms with E-state index in [1.54, 1.807) is 14.2 Å². The van der Waals surface area contributed by atoms with Gasteiger partial charge in [-0.15, -0.1) is 0 Å². The minimum atomic E-state index is -0.745. The molecule has 0 aromatic rings. The van der Waals surface area contributed by atoms with Crippen LogP contribution in [0.5, 0.6) is 0 Å². The molecule has 92 valence electrons. The molecule has 3 nitrogen and oxygen atoms in total. The molecule has 0 aliphatic rings. The van der Waals surface area contributed by atoms with Gasteiger partial charge in [-0.3, -0.25) is 0 Å². The van der Waals surface area contributed by atoms with E-state index in [1.165, 1.54) is 0 Å². The number of hydrogen-bond acceptors (Lipinski definition) is 3. The Morgan fingerprint density at radius 1 is 1.13 bits per heavy atom. The van der Waals surface area contributed by atoms with E-state index in [4.69, 9.17) is 9.47 Å². The first kappa shape index (κ1) is 14.9. The lowest BCUT2D eigenvalue weighted by Crippen LogP contribution is -2.41. The molecule has 1 atom stereocenters. The van der Waals surface area contributed by atoms with Crippen molar-refractivity contribution in [1.82, 2.24) is 0 Å². The zero-order valence-electron chi connectivity index (χ0n) is 11.0. The third kappa shape index (κ3) is 4.96. The molecule has 1 N–H and O–H groups in total. The average Bonchev–Trinajstić information content (AvgIpc) is 2.15. The second-order valence-electron chi connectivity index (χ2n) is 5.16. The summed E-state index contributed by atoms with van der Waals surface area (Å²) in [4.78, 5) is 0. The first-order valence-corrected chi connectivity index (χ1v) is 5.54. The highest BCUT2D eigenvalue weighted by Crippen LogP contribution is 2.27. The van der Waals surface area contributed by atoms with E-state index in [0.717, 1.165) is 6.42 Å². The Labute approximate surface area is 93.8 Å². The Hall–Kier alpha value is -0.120. The number of aliphatic hydroxyl groups is 1. The maximum atomic E-state index is 10.4. The lowest BCUT2D eigenvalue weighted by Gasteiger charge is -2.34. The Balaban J connectivity index is 4.31. The largest absolute Gasteiger partial charge is 0.387 e. The minimum absolute atomic E-state index is 0.184. The fourth-order valence-electron chi connectivity index (χ4n) is 1.40. The molecule has 0 aromatic carbocycles. The van der Waals surface area contributed by atoms with Gasteiger partial charge < -0.3 is 14.6 Å². The summed E-state index contributed by atoms with van der Waals surface area (Å²) in [6.07, 6.45) is 1.51. The van der Waals surface area contributed by atoms with E-state index in [-0.39, 0.29) is 11.5 Å². The van der Waals surface area contributed by atoms with Crippen LogP contribution in [-0.2, 0) is 9.47 Å². The Kier molecular flexibility index (Phi) is 5.78. The van der Waals surface area contributed by atoms with Crippen LogP contribution in [0.1, 0.15) is 40.5 Å². The SMILES string of the molecule is COCC(O)(CCC(C)(C)OC)C(C)C. The summed E-state index contributed by atoms with van der Waals surface area (Å²) in [7, 11) is 3.32. The highest BCUT2D eigenvalue weighted by Gasteiger charge is 2.33. The predicted molar refractivity (Wildman–Crippen MR) is 62.0 cm³/mol. The molecular weight excluding hydrogens is 192 g/mol. The van der Waals surface area contributed by atoms with E-state index < -0.39 is 5.60 Å². The minimum Gasteiger partial charge on any atom is -0.387 e. The number of ether oxygens (including phenoxy) is 2. The molecule has 0 aliphatic heterocycles. The van der Waals surface area contributed by atoms with Crippen LogP contribution in [0.15, 0.2) is 0 Å². The van der Waals surface area contributed by atoms with E-state index in [0.29, 0.717) is 13.0 Å². The van der Waals surface area contributed by atoms with Gasteiger partial charge in [-0.05, 0) is 32.6 Å². The van der Waals surface area contributed by atoms with Crippen LogP contribution in [0.25, 0.3) is 0 Å². The van der Waals surface area contributed by atoms with Gasteiger partial charge in [0.15, 0.2) is 0 Å². The Bertz CT molecular complexity index is 178. The molecule has 0 heterocycles. The fourth-order valence-corrected chi connectivity index (χ4v) is 1.40. The van der Waals surface area contributed by atoms with Crippen LogP contribution in [0, 0.1) is 5.92 Å². The second-order valence-corrected chi connectivity index (χ2v) is 5.16. The molecule has 0 radical (unpaired) electrons. The third-order valence-corrected chi connectivity index (χ3v) is 3.18. The van der Waals surface area contributed by atoms with Gasteiger partial charge in [0, 0.05) is 14.2 Å². The molecular formula is C12H26O3. The molecule has 0 aliphatic carbocycles. The topological polar surface area (TPSA) is 38.7 Å². The van der Waals surface area contributed by atoms with Gasteiger partial charge in [0.05, 0.1) is 17.8 Å². The molecule has 0 aromatic heterocycles. The molecule has 0 fully saturated rings. The molecule has 0 amide bonds. The molecule has 15 heavy (non-hydrogen) atoms. The predicted octanol–water partition coefficient (Wildman–Crippen LogP) is 2.23. The van der Waals surface area contributed by atoms with Gasteiger partial charge >= 0.3 is 0 Å². The van der Waals surface area contributed by atoms with Crippen molar-refractivity contribution < 1.29 is 14.6 Å². The summed E-state index contributed by atoms with van der Waals surface area (Å²) in [5.74, 6) is 0.185. The van der Waals surface area contributed by atoms with Gasteiger partial charge in [-0.1, -0.05) is 13.8 Å². The molecule has 0 spiro atoms. The molecule has 0 saturated heterocycles. The number of methoxy groups -OCH3 is 2. The van der Waals surface area contributed by atoms with Crippen LogP contribution < -0.4 is 0 Å². The number of hydrogen-bond donors (Lipinski definition) is 1. The zero-order valence-corrected chi connectivity index (χ0v) is 11.0. The van der Waals surface area contributed by atoms with Crippen molar-refractivity contribution in [2.24, 2.45) is 5.92 Å². The first-order valence-electron chi connectivity index (χ1n) is 5.54. The quantitative estimate of drug-likeness (QED) is 0.712. The summed E-state index contributed by atoms with van der Waals surface area (Å²) in [5.41, 5.74) is -0.929. The van der Waals surface area contributed by atoms with Gasteiger partial charge in [-0.2, -0.15) is 0 Å². The summed E-state index contributed by atoms with van der Waals surface area (Å²) in [6, 6.07) is 0. The van der Waals surface area contributed by atoms with Crippen LogP contribution in [0.4, 0.5) is 0 Å². The maximum absolute atomic E-state index is 10.4. The van der Waals surface area contributed by atoms with E-state index >= 15 is 0 Å².